The molecule has 1 aromatic rings. The summed E-state index contributed by atoms with van der Waals surface area (Å²) in [4.78, 5) is 12.0. The smallest absolute Gasteiger partial charge is 0.258 e. The van der Waals surface area contributed by atoms with Crippen LogP contribution in [0, 0.1) is 10.1 Å². The summed E-state index contributed by atoms with van der Waals surface area (Å²) in [5, 5.41) is 11.5. The van der Waals surface area contributed by atoms with Crippen molar-refractivity contribution in [2.75, 3.05) is 0 Å². The lowest BCUT2D eigenvalue weighted by atomic mass is 9.87. The van der Waals surface area contributed by atoms with Crippen LogP contribution >= 0.6 is 12.6 Å². The molecule has 0 saturated carbocycles. The number of rotatable bonds is 4. The maximum absolute atomic E-state index is 11.5. The molecular formula is C15H23NO2S. The van der Waals surface area contributed by atoms with Crippen LogP contribution in [0.15, 0.2) is 11.0 Å². The molecule has 3 nitrogen and oxygen atoms in total. The lowest BCUT2D eigenvalue weighted by molar-refractivity contribution is -0.386. The van der Waals surface area contributed by atoms with Crippen LogP contribution in [0.25, 0.3) is 0 Å². The number of nitro benzene ring substituents is 1. The Bertz CT molecular complexity index is 493. The second-order valence-electron chi connectivity index (χ2n) is 5.89. The molecule has 0 bridgehead atoms. The number of thiol groups is 1. The van der Waals surface area contributed by atoms with Crippen molar-refractivity contribution in [2.45, 2.75) is 64.2 Å². The van der Waals surface area contributed by atoms with Gasteiger partial charge in [-0.1, -0.05) is 41.5 Å². The molecule has 106 valence electrons. The molecule has 0 unspecified atom stereocenters. The number of hydrogen-bond donors (Lipinski definition) is 1. The molecule has 0 saturated heterocycles. The molecule has 0 aromatic heterocycles. The minimum absolute atomic E-state index is 0.0871. The minimum atomic E-state index is -0.255. The zero-order valence-corrected chi connectivity index (χ0v) is 13.4. The molecule has 0 heterocycles. The minimum Gasteiger partial charge on any atom is -0.258 e. The van der Waals surface area contributed by atoms with E-state index in [2.05, 4.69) is 26.5 Å². The van der Waals surface area contributed by atoms with E-state index in [1.807, 2.05) is 33.8 Å². The van der Waals surface area contributed by atoms with Crippen molar-refractivity contribution in [3.8, 4) is 0 Å². The topological polar surface area (TPSA) is 43.1 Å². The van der Waals surface area contributed by atoms with Crippen LogP contribution in [0.5, 0.6) is 0 Å². The number of nitrogens with zero attached hydrogens (tertiary/aromatic N) is 1. The molecule has 1 rings (SSSR count). The Labute approximate surface area is 121 Å². The third-order valence-corrected chi connectivity index (χ3v) is 3.87. The molecule has 0 amide bonds. The van der Waals surface area contributed by atoms with E-state index in [9.17, 15) is 10.1 Å². The first-order valence-corrected chi connectivity index (χ1v) is 7.17. The molecule has 0 atom stereocenters. The molecule has 0 spiro atoms. The molecule has 0 aliphatic carbocycles. The molecular weight excluding hydrogens is 258 g/mol. The van der Waals surface area contributed by atoms with Gasteiger partial charge < -0.3 is 0 Å². The van der Waals surface area contributed by atoms with Gasteiger partial charge in [-0.15, -0.1) is 12.6 Å². The van der Waals surface area contributed by atoms with Crippen molar-refractivity contribution in [1.82, 2.24) is 0 Å². The number of nitro groups is 1. The van der Waals surface area contributed by atoms with E-state index in [1.165, 1.54) is 0 Å². The zero-order valence-electron chi connectivity index (χ0n) is 12.5. The summed E-state index contributed by atoms with van der Waals surface area (Å²) in [6.45, 7) is 12.1. The van der Waals surface area contributed by atoms with Crippen molar-refractivity contribution < 1.29 is 4.92 Å². The largest absolute Gasteiger partial charge is 0.277 e. The summed E-state index contributed by atoms with van der Waals surface area (Å²) in [6.07, 6.45) is 0. The lowest BCUT2D eigenvalue weighted by Gasteiger charge is -2.20. The first kappa shape index (κ1) is 16.0. The zero-order chi connectivity index (χ0) is 14.9. The van der Waals surface area contributed by atoms with Crippen LogP contribution in [0.3, 0.4) is 0 Å². The first-order chi connectivity index (χ1) is 8.68. The van der Waals surface area contributed by atoms with Crippen molar-refractivity contribution >= 4 is 18.3 Å². The third kappa shape index (κ3) is 3.11. The van der Waals surface area contributed by atoms with Crippen LogP contribution in [0.4, 0.5) is 5.69 Å². The van der Waals surface area contributed by atoms with E-state index in [0.29, 0.717) is 5.92 Å². The summed E-state index contributed by atoms with van der Waals surface area (Å²) >= 11 is 4.57. The highest BCUT2D eigenvalue weighted by molar-refractivity contribution is 7.80. The number of hydrogen-bond acceptors (Lipinski definition) is 3. The van der Waals surface area contributed by atoms with Crippen LogP contribution in [0.2, 0.25) is 0 Å². The van der Waals surface area contributed by atoms with Crippen LogP contribution < -0.4 is 0 Å². The van der Waals surface area contributed by atoms with Gasteiger partial charge in [0.2, 0.25) is 0 Å². The highest BCUT2D eigenvalue weighted by Gasteiger charge is 2.28. The molecule has 4 heteroatoms. The standard InChI is InChI=1S/C15H23NO2S/c1-8(2)11-7-12(9(3)4)15(19)13(10(5)6)14(11)16(17)18/h7-10,19H,1-6H3. The fraction of sp³-hybridized carbons (Fsp3) is 0.600. The Balaban J connectivity index is 3.78. The maximum atomic E-state index is 11.5. The van der Waals surface area contributed by atoms with Gasteiger partial charge in [-0.05, 0) is 29.4 Å². The van der Waals surface area contributed by atoms with E-state index in [4.69, 9.17) is 0 Å². The molecule has 0 N–H and O–H groups in total. The Kier molecular flexibility index (Phi) is 5.02. The summed E-state index contributed by atoms with van der Waals surface area (Å²) in [7, 11) is 0. The monoisotopic (exact) mass is 281 g/mol. The quantitative estimate of drug-likeness (QED) is 0.465. The fourth-order valence-electron chi connectivity index (χ4n) is 2.36. The van der Waals surface area contributed by atoms with Gasteiger partial charge in [0.05, 0.1) is 4.92 Å². The summed E-state index contributed by atoms with van der Waals surface area (Å²) in [5.74, 6) is 0.525. The van der Waals surface area contributed by atoms with Crippen molar-refractivity contribution in [2.24, 2.45) is 0 Å². The Morgan fingerprint density at radius 3 is 1.79 bits per heavy atom. The van der Waals surface area contributed by atoms with E-state index in [0.717, 1.165) is 21.6 Å². The van der Waals surface area contributed by atoms with Gasteiger partial charge in [0.1, 0.15) is 0 Å². The highest BCUT2D eigenvalue weighted by atomic mass is 32.1. The lowest BCUT2D eigenvalue weighted by Crippen LogP contribution is -2.08. The average molecular weight is 281 g/mol. The summed E-state index contributed by atoms with van der Waals surface area (Å²) < 4.78 is 0. The Hall–Kier alpha value is -1.03. The van der Waals surface area contributed by atoms with E-state index >= 15 is 0 Å². The van der Waals surface area contributed by atoms with Crippen LogP contribution in [0.1, 0.15) is 76.0 Å². The first-order valence-electron chi connectivity index (χ1n) is 6.72. The molecule has 0 aliphatic rings. The second kappa shape index (κ2) is 5.95. The second-order valence-corrected chi connectivity index (χ2v) is 6.33. The van der Waals surface area contributed by atoms with Crippen molar-refractivity contribution in [3.63, 3.8) is 0 Å². The van der Waals surface area contributed by atoms with E-state index in [1.54, 1.807) is 0 Å². The van der Waals surface area contributed by atoms with E-state index < -0.39 is 0 Å². The van der Waals surface area contributed by atoms with Gasteiger partial charge >= 0.3 is 0 Å². The van der Waals surface area contributed by atoms with Crippen molar-refractivity contribution in [3.05, 3.63) is 32.9 Å². The van der Waals surface area contributed by atoms with Gasteiger partial charge in [0, 0.05) is 16.0 Å². The molecule has 0 aliphatic heterocycles. The third-order valence-electron chi connectivity index (χ3n) is 3.37. The SMILES string of the molecule is CC(C)c1cc(C(C)C)c([N+](=O)[O-])c(C(C)C)c1S. The van der Waals surface area contributed by atoms with Crippen molar-refractivity contribution in [1.29, 1.82) is 0 Å². The van der Waals surface area contributed by atoms with Gasteiger partial charge in [0.25, 0.3) is 5.69 Å². The van der Waals surface area contributed by atoms with Gasteiger partial charge in [-0.3, -0.25) is 10.1 Å². The summed E-state index contributed by atoms with van der Waals surface area (Å²) in [5.41, 5.74) is 2.93. The summed E-state index contributed by atoms with van der Waals surface area (Å²) in [6, 6.07) is 1.96. The van der Waals surface area contributed by atoms with E-state index in [-0.39, 0.29) is 22.4 Å². The Morgan fingerprint density at radius 2 is 1.47 bits per heavy atom. The van der Waals surface area contributed by atoms with Gasteiger partial charge in [0.15, 0.2) is 0 Å². The molecule has 19 heavy (non-hydrogen) atoms. The molecule has 1 aromatic carbocycles. The van der Waals surface area contributed by atoms with Gasteiger partial charge in [-0.2, -0.15) is 0 Å². The van der Waals surface area contributed by atoms with Gasteiger partial charge in [-0.25, -0.2) is 0 Å². The fourth-order valence-corrected chi connectivity index (χ4v) is 3.05. The van der Waals surface area contributed by atoms with Crippen LogP contribution in [-0.4, -0.2) is 4.92 Å². The number of benzene rings is 1. The molecule has 0 radical (unpaired) electrons. The predicted molar refractivity (Wildman–Crippen MR) is 82.6 cm³/mol. The normalized spacial score (nSPS) is 11.7. The maximum Gasteiger partial charge on any atom is 0.277 e. The predicted octanol–water partition coefficient (Wildman–Crippen LogP) is 5.25. The average Bonchev–Trinajstić information content (AvgIpc) is 2.26. The highest BCUT2D eigenvalue weighted by Crippen LogP contribution is 2.42. The van der Waals surface area contributed by atoms with Crippen LogP contribution in [-0.2, 0) is 0 Å². The molecule has 0 fully saturated rings. The Morgan fingerprint density at radius 1 is 1.00 bits per heavy atom.